The highest BCUT2D eigenvalue weighted by atomic mass is 32.2. The van der Waals surface area contributed by atoms with Crippen molar-refractivity contribution in [1.82, 2.24) is 4.98 Å². The normalized spacial score (nSPS) is 15.4. The molecule has 15 heteroatoms. The molecular weight excluding hydrogens is 897 g/mol. The summed E-state index contributed by atoms with van der Waals surface area (Å²) in [7, 11) is -4.02. The Labute approximate surface area is 389 Å². The number of anilines is 1. The van der Waals surface area contributed by atoms with Gasteiger partial charge in [-0.25, -0.2) is 22.5 Å². The van der Waals surface area contributed by atoms with Gasteiger partial charge in [-0.3, -0.25) is 19.3 Å². The van der Waals surface area contributed by atoms with Crippen LogP contribution >= 0.6 is 0 Å². The molecule has 3 heterocycles. The van der Waals surface area contributed by atoms with Gasteiger partial charge < -0.3 is 14.8 Å². The third-order valence-electron chi connectivity index (χ3n) is 11.3. The van der Waals surface area contributed by atoms with Crippen LogP contribution in [0.1, 0.15) is 75.9 Å². The highest BCUT2D eigenvalue weighted by Crippen LogP contribution is 2.35. The summed E-state index contributed by atoms with van der Waals surface area (Å²) >= 11 is 0. The van der Waals surface area contributed by atoms with Crippen molar-refractivity contribution in [3.05, 3.63) is 214 Å². The van der Waals surface area contributed by atoms with E-state index in [9.17, 15) is 35.9 Å². The van der Waals surface area contributed by atoms with Crippen LogP contribution in [0.3, 0.4) is 0 Å². The second-order valence-electron chi connectivity index (χ2n) is 15.9. The molecule has 0 radical (unpaired) electrons. The van der Waals surface area contributed by atoms with Gasteiger partial charge in [-0.1, -0.05) is 78.4 Å². The summed E-state index contributed by atoms with van der Waals surface area (Å²) < 4.78 is 91.4. The lowest BCUT2D eigenvalue weighted by Gasteiger charge is -2.10. The third-order valence-corrected chi connectivity index (χ3v) is 12.2. The van der Waals surface area contributed by atoms with Gasteiger partial charge in [0.2, 0.25) is 5.89 Å². The smallest absolute Gasteiger partial charge is 0.294 e. The number of fused-ring (bicyclic) bond motifs is 1. The molecule has 0 saturated carbocycles. The Morgan fingerprint density at radius 3 is 1.65 bits per heavy atom. The molecule has 2 atom stereocenters. The SMILES string of the molecule is Cc1ccc(S(=O)(=O)O)cc1.Fc1cccc(F)c1C1=NC(c2ccc(-c3nc4ccccc4o3)cc2)CC1.O=C(Nc1ccccc1O)c1ccc(C2CCC(c3c(F)cccc3F)=N2)cc1. The van der Waals surface area contributed by atoms with Crippen LogP contribution < -0.4 is 5.32 Å². The highest BCUT2D eigenvalue weighted by molar-refractivity contribution is 7.85. The summed E-state index contributed by atoms with van der Waals surface area (Å²) in [6, 6.07) is 42.2. The summed E-state index contributed by atoms with van der Waals surface area (Å²) in [6.45, 7) is 1.84. The number of phenols is 1. The minimum absolute atomic E-state index is 0.00639. The number of aryl methyl sites for hydroxylation is 1. The number of hydrogen-bond acceptors (Lipinski definition) is 8. The number of hydrogen-bond donors (Lipinski definition) is 3. The summed E-state index contributed by atoms with van der Waals surface area (Å²) in [5.41, 5.74) is 6.88. The number of aromatic hydroxyl groups is 1. The first-order valence-corrected chi connectivity index (χ1v) is 22.9. The van der Waals surface area contributed by atoms with Crippen molar-refractivity contribution in [3.8, 4) is 17.2 Å². The molecule has 10 rings (SSSR count). The van der Waals surface area contributed by atoms with Gasteiger partial charge in [-0.15, -0.1) is 0 Å². The van der Waals surface area contributed by atoms with Crippen LogP contribution in [-0.4, -0.2) is 40.4 Å². The molecule has 1 amide bonds. The molecule has 10 nitrogen and oxygen atoms in total. The Bertz CT molecular complexity index is 3210. The summed E-state index contributed by atoms with van der Waals surface area (Å²) in [5.74, 6) is -2.14. The first-order valence-electron chi connectivity index (χ1n) is 21.4. The number of halogens is 4. The number of benzene rings is 7. The molecule has 344 valence electrons. The topological polar surface area (TPSA) is 154 Å². The van der Waals surface area contributed by atoms with E-state index in [-0.39, 0.29) is 39.8 Å². The number of nitrogens with one attached hydrogen (secondary N) is 1. The summed E-state index contributed by atoms with van der Waals surface area (Å²) in [4.78, 5) is 25.9. The number of aliphatic imine (C=N–C) groups is 2. The van der Waals surface area contributed by atoms with Gasteiger partial charge in [0.15, 0.2) is 5.58 Å². The van der Waals surface area contributed by atoms with Crippen molar-refractivity contribution in [1.29, 1.82) is 0 Å². The number of carbonyl (C=O) groups excluding carboxylic acids is 1. The molecule has 0 spiro atoms. The zero-order chi connectivity index (χ0) is 48.0. The van der Waals surface area contributed by atoms with Gasteiger partial charge in [0, 0.05) is 22.6 Å². The molecule has 3 N–H and O–H groups in total. The van der Waals surface area contributed by atoms with Crippen LogP contribution in [-0.2, 0) is 10.1 Å². The van der Waals surface area contributed by atoms with Crippen molar-refractivity contribution in [3.63, 3.8) is 0 Å². The van der Waals surface area contributed by atoms with Crippen molar-refractivity contribution in [2.75, 3.05) is 5.32 Å². The fraction of sp³-hybridized carbons (Fsp3) is 0.132. The van der Waals surface area contributed by atoms with Gasteiger partial charge in [0.05, 0.1) is 33.8 Å². The van der Waals surface area contributed by atoms with Gasteiger partial charge in [0.25, 0.3) is 16.0 Å². The fourth-order valence-electron chi connectivity index (χ4n) is 7.77. The monoisotopic (exact) mass is 938 g/mol. The molecule has 2 unspecified atom stereocenters. The second kappa shape index (κ2) is 20.4. The average molecular weight is 939 g/mol. The van der Waals surface area contributed by atoms with Gasteiger partial charge in [-0.05, 0) is 129 Å². The molecule has 7 aromatic carbocycles. The molecule has 2 aliphatic rings. The van der Waals surface area contributed by atoms with Crippen LogP contribution in [0.2, 0.25) is 0 Å². The number of para-hydroxylation sites is 4. The molecule has 2 aliphatic heterocycles. The lowest BCUT2D eigenvalue weighted by molar-refractivity contribution is 0.102. The fourth-order valence-corrected chi connectivity index (χ4v) is 8.25. The van der Waals surface area contributed by atoms with E-state index in [0.29, 0.717) is 47.8 Å². The number of oxazole rings is 1. The van der Waals surface area contributed by atoms with E-state index in [1.54, 1.807) is 54.6 Å². The number of aromatic nitrogens is 1. The second-order valence-corrected chi connectivity index (χ2v) is 17.4. The number of carbonyl (C=O) groups is 1. The Kier molecular flexibility index (Phi) is 14.0. The largest absolute Gasteiger partial charge is 0.506 e. The summed E-state index contributed by atoms with van der Waals surface area (Å²) in [5, 5.41) is 12.4. The maximum absolute atomic E-state index is 14.0. The zero-order valence-corrected chi connectivity index (χ0v) is 37.1. The number of amides is 1. The lowest BCUT2D eigenvalue weighted by atomic mass is 10.0. The molecule has 0 aliphatic carbocycles. The van der Waals surface area contributed by atoms with Gasteiger partial charge >= 0.3 is 0 Å². The quantitative estimate of drug-likeness (QED) is 0.0778. The maximum Gasteiger partial charge on any atom is 0.294 e. The molecule has 8 aromatic rings. The number of phenolic OH excluding ortho intramolecular Hbond substituents is 1. The van der Waals surface area contributed by atoms with Crippen molar-refractivity contribution in [2.24, 2.45) is 9.98 Å². The predicted octanol–water partition coefficient (Wildman–Crippen LogP) is 12.6. The molecule has 1 aromatic heterocycles. The molecule has 0 saturated heterocycles. The van der Waals surface area contributed by atoms with E-state index in [2.05, 4.69) is 20.3 Å². The van der Waals surface area contributed by atoms with E-state index >= 15 is 0 Å². The maximum atomic E-state index is 14.0. The molecular formula is C53H42F4N4O6S. The van der Waals surface area contributed by atoms with E-state index in [0.717, 1.165) is 39.8 Å². The average Bonchev–Trinajstić information content (AvgIpc) is 4.12. The van der Waals surface area contributed by atoms with E-state index in [1.165, 1.54) is 54.6 Å². The lowest BCUT2D eigenvalue weighted by Crippen LogP contribution is -2.12. The highest BCUT2D eigenvalue weighted by Gasteiger charge is 2.26. The standard InChI is InChI=1S/C23H18F2N2O2.C23H16F2N2O.C7H8O3S/c24-16-4-3-5-17(25)22(16)20-13-12-18(26-20)14-8-10-15(11-9-14)23(29)27-19-6-1-2-7-21(19)28;24-16-4-3-5-17(25)22(16)20-13-12-18(26-20)14-8-10-15(11-9-14)23-27-19-6-1-2-7-21(19)28-23;1-6-2-4-7(5-3-6)11(8,9)10/h1-11,18,28H,12-13H2,(H,27,29);1-11,18H,12-13H2;2-5H,1H3,(H,8,9,10). The van der Waals surface area contributed by atoms with Crippen molar-refractivity contribution < 1.29 is 44.9 Å². The number of rotatable bonds is 8. The molecule has 0 bridgehead atoms. The van der Waals surface area contributed by atoms with E-state index < -0.39 is 33.4 Å². The molecule has 0 fully saturated rings. The minimum atomic E-state index is -4.02. The van der Waals surface area contributed by atoms with Crippen LogP contribution in [0, 0.1) is 30.2 Å². The Hall–Kier alpha value is -7.75. The van der Waals surface area contributed by atoms with E-state index in [4.69, 9.17) is 8.97 Å². The molecule has 68 heavy (non-hydrogen) atoms. The summed E-state index contributed by atoms with van der Waals surface area (Å²) in [6.07, 6.45) is 2.41. The minimum Gasteiger partial charge on any atom is -0.506 e. The Morgan fingerprint density at radius 2 is 1.13 bits per heavy atom. The van der Waals surface area contributed by atoms with Crippen LogP contribution in [0.25, 0.3) is 22.6 Å². The van der Waals surface area contributed by atoms with E-state index in [1.807, 2.05) is 55.5 Å². The Balaban J connectivity index is 0.000000151. The Morgan fingerprint density at radius 1 is 0.632 bits per heavy atom. The van der Waals surface area contributed by atoms with Gasteiger partial charge in [0.1, 0.15) is 34.5 Å². The van der Waals surface area contributed by atoms with Gasteiger partial charge in [-0.2, -0.15) is 8.42 Å². The van der Waals surface area contributed by atoms with Crippen molar-refractivity contribution >= 4 is 44.2 Å². The first kappa shape index (κ1) is 46.8. The zero-order valence-electron chi connectivity index (χ0n) is 36.3. The number of nitrogens with zero attached hydrogens (tertiary/aromatic N) is 3. The third kappa shape index (κ3) is 10.9. The van der Waals surface area contributed by atoms with Crippen LogP contribution in [0.5, 0.6) is 5.75 Å². The predicted molar refractivity (Wildman–Crippen MR) is 253 cm³/mol. The van der Waals surface area contributed by atoms with Crippen LogP contribution in [0.15, 0.2) is 177 Å². The van der Waals surface area contributed by atoms with Crippen molar-refractivity contribution in [2.45, 2.75) is 49.6 Å². The van der Waals surface area contributed by atoms with Crippen LogP contribution in [0.4, 0.5) is 23.2 Å². The first-order chi connectivity index (χ1) is 32.7.